The number of carbonyl (C=O) groups is 1. The molecule has 8 heteroatoms. The molecule has 1 aromatic rings. The summed E-state index contributed by atoms with van der Waals surface area (Å²) in [4.78, 5) is 11.1. The maximum absolute atomic E-state index is 12.5. The van der Waals surface area contributed by atoms with Crippen LogP contribution >= 0.6 is 11.6 Å². The Balaban J connectivity index is 3.42. The highest BCUT2D eigenvalue weighted by atomic mass is 35.5. The van der Waals surface area contributed by atoms with E-state index in [1.165, 1.54) is 0 Å². The lowest BCUT2D eigenvalue weighted by atomic mass is 10.1. The fourth-order valence-electron chi connectivity index (χ4n) is 1.20. The highest BCUT2D eigenvalue weighted by molar-refractivity contribution is 6.35. The first kappa shape index (κ1) is 14.7. The van der Waals surface area contributed by atoms with E-state index in [4.69, 9.17) is 11.6 Å². The summed E-state index contributed by atoms with van der Waals surface area (Å²) in [6.45, 7) is -2.38. The fraction of sp³-hybridized carbons (Fsp3) is 0.300. The molecule has 0 atom stereocenters. The standard InChI is InChI=1S/C10H6ClF5O2/c1-4(17)6-2-5(10(14,15)16)3-7(8(6)11)18-9(12)13/h2-3,9H,1H3. The number of hydrogen-bond donors (Lipinski definition) is 0. The Morgan fingerprint density at radius 2 is 1.89 bits per heavy atom. The largest absolute Gasteiger partial charge is 0.433 e. The molecule has 0 heterocycles. The van der Waals surface area contributed by atoms with E-state index in [9.17, 15) is 26.7 Å². The molecule has 1 rings (SSSR count). The van der Waals surface area contributed by atoms with E-state index in [1.54, 1.807) is 0 Å². The molecule has 1 aromatic carbocycles. The van der Waals surface area contributed by atoms with Gasteiger partial charge in [-0.25, -0.2) is 0 Å². The molecular weight excluding hydrogens is 283 g/mol. The molecule has 0 unspecified atom stereocenters. The summed E-state index contributed by atoms with van der Waals surface area (Å²) < 4.78 is 65.3. The Morgan fingerprint density at radius 3 is 2.28 bits per heavy atom. The van der Waals surface area contributed by atoms with Crippen LogP contribution in [0.3, 0.4) is 0 Å². The molecule has 0 aromatic heterocycles. The molecule has 0 N–H and O–H groups in total. The molecule has 18 heavy (non-hydrogen) atoms. The summed E-state index contributed by atoms with van der Waals surface area (Å²) in [5, 5.41) is -0.573. The summed E-state index contributed by atoms with van der Waals surface area (Å²) in [5.74, 6) is -1.67. The van der Waals surface area contributed by atoms with Gasteiger partial charge in [0.15, 0.2) is 5.78 Å². The predicted molar refractivity (Wildman–Crippen MR) is 53.1 cm³/mol. The van der Waals surface area contributed by atoms with Gasteiger partial charge < -0.3 is 4.74 Å². The van der Waals surface area contributed by atoms with Crippen LogP contribution in [0.15, 0.2) is 12.1 Å². The molecule has 2 nitrogen and oxygen atoms in total. The van der Waals surface area contributed by atoms with Gasteiger partial charge in [0.2, 0.25) is 0 Å². The van der Waals surface area contributed by atoms with E-state index in [0.717, 1.165) is 6.92 Å². The van der Waals surface area contributed by atoms with E-state index in [2.05, 4.69) is 4.74 Å². The molecule has 0 aliphatic carbocycles. The third-order valence-electron chi connectivity index (χ3n) is 1.96. The third kappa shape index (κ3) is 3.32. The fourth-order valence-corrected chi connectivity index (χ4v) is 1.49. The van der Waals surface area contributed by atoms with Crippen molar-refractivity contribution in [3.05, 3.63) is 28.3 Å². The van der Waals surface area contributed by atoms with Gasteiger partial charge >= 0.3 is 12.8 Å². The van der Waals surface area contributed by atoms with E-state index in [-0.39, 0.29) is 0 Å². The maximum atomic E-state index is 12.5. The molecule has 0 aliphatic heterocycles. The number of Topliss-reactive ketones (excluding diaryl/α,β-unsaturated/α-hetero) is 1. The van der Waals surface area contributed by atoms with Crippen LogP contribution in [0.25, 0.3) is 0 Å². The Morgan fingerprint density at radius 1 is 1.33 bits per heavy atom. The second-order valence-electron chi connectivity index (χ2n) is 3.27. The van der Waals surface area contributed by atoms with Crippen molar-refractivity contribution in [2.45, 2.75) is 19.7 Å². The monoisotopic (exact) mass is 288 g/mol. The molecular formula is C10H6ClF5O2. The van der Waals surface area contributed by atoms with Gasteiger partial charge in [0.25, 0.3) is 0 Å². The smallest absolute Gasteiger partial charge is 0.416 e. The Kier molecular flexibility index (Phi) is 4.16. The number of rotatable bonds is 3. The van der Waals surface area contributed by atoms with Crippen LogP contribution < -0.4 is 4.74 Å². The van der Waals surface area contributed by atoms with Crippen molar-refractivity contribution in [1.82, 2.24) is 0 Å². The van der Waals surface area contributed by atoms with Gasteiger partial charge in [0.05, 0.1) is 10.6 Å². The van der Waals surface area contributed by atoms with Crippen LogP contribution in [0.4, 0.5) is 22.0 Å². The summed E-state index contributed by atoms with van der Waals surface area (Å²) >= 11 is 5.52. The zero-order valence-corrected chi connectivity index (χ0v) is 9.57. The lowest BCUT2D eigenvalue weighted by molar-refractivity contribution is -0.138. The highest BCUT2D eigenvalue weighted by Gasteiger charge is 2.33. The summed E-state index contributed by atoms with van der Waals surface area (Å²) in [7, 11) is 0. The van der Waals surface area contributed by atoms with Gasteiger partial charge in [-0.15, -0.1) is 0 Å². The first-order valence-electron chi connectivity index (χ1n) is 4.49. The van der Waals surface area contributed by atoms with Gasteiger partial charge in [-0.2, -0.15) is 22.0 Å². The van der Waals surface area contributed by atoms with E-state index < -0.39 is 40.5 Å². The molecule has 0 aliphatic rings. The van der Waals surface area contributed by atoms with Crippen molar-refractivity contribution in [1.29, 1.82) is 0 Å². The van der Waals surface area contributed by atoms with Gasteiger partial charge in [-0.3, -0.25) is 4.79 Å². The molecule has 0 fully saturated rings. The van der Waals surface area contributed by atoms with Gasteiger partial charge in [-0.05, 0) is 19.1 Å². The number of ether oxygens (including phenoxy) is 1. The van der Waals surface area contributed by atoms with Crippen LogP contribution in [0.5, 0.6) is 5.75 Å². The number of ketones is 1. The topological polar surface area (TPSA) is 26.3 Å². The molecule has 100 valence electrons. The maximum Gasteiger partial charge on any atom is 0.416 e. The zero-order valence-electron chi connectivity index (χ0n) is 8.82. The average Bonchev–Trinajstić information content (AvgIpc) is 2.18. The third-order valence-corrected chi connectivity index (χ3v) is 2.35. The van der Waals surface area contributed by atoms with Crippen molar-refractivity contribution < 1.29 is 31.5 Å². The summed E-state index contributed by atoms with van der Waals surface area (Å²) in [6.07, 6.45) is -4.80. The summed E-state index contributed by atoms with van der Waals surface area (Å²) in [6, 6.07) is 0.809. The predicted octanol–water partition coefficient (Wildman–Crippen LogP) is 4.16. The van der Waals surface area contributed by atoms with Crippen molar-refractivity contribution >= 4 is 17.4 Å². The minimum absolute atomic E-state index is 0.320. The van der Waals surface area contributed by atoms with E-state index >= 15 is 0 Å². The van der Waals surface area contributed by atoms with Crippen LogP contribution in [0.2, 0.25) is 5.02 Å². The highest BCUT2D eigenvalue weighted by Crippen LogP contribution is 2.38. The molecule has 0 spiro atoms. The Labute approximate surface area is 103 Å². The number of alkyl halides is 5. The van der Waals surface area contributed by atoms with E-state index in [1.807, 2.05) is 0 Å². The summed E-state index contributed by atoms with van der Waals surface area (Å²) in [5.41, 5.74) is -1.81. The van der Waals surface area contributed by atoms with Crippen molar-refractivity contribution in [3.63, 3.8) is 0 Å². The van der Waals surface area contributed by atoms with Crippen molar-refractivity contribution in [2.24, 2.45) is 0 Å². The molecule has 0 amide bonds. The minimum atomic E-state index is -4.80. The van der Waals surface area contributed by atoms with Crippen molar-refractivity contribution in [3.8, 4) is 5.75 Å². The van der Waals surface area contributed by atoms with Crippen LogP contribution in [-0.4, -0.2) is 12.4 Å². The second-order valence-corrected chi connectivity index (χ2v) is 3.65. The lowest BCUT2D eigenvalue weighted by Gasteiger charge is -2.13. The number of halogens is 6. The Bertz CT molecular complexity index is 470. The minimum Gasteiger partial charge on any atom is -0.433 e. The lowest BCUT2D eigenvalue weighted by Crippen LogP contribution is -2.10. The van der Waals surface area contributed by atoms with Gasteiger partial charge in [0, 0.05) is 5.56 Å². The van der Waals surface area contributed by atoms with Crippen LogP contribution in [-0.2, 0) is 6.18 Å². The molecule has 0 saturated heterocycles. The van der Waals surface area contributed by atoms with Crippen LogP contribution in [0.1, 0.15) is 22.8 Å². The number of carbonyl (C=O) groups excluding carboxylic acids is 1. The normalized spacial score (nSPS) is 11.8. The SMILES string of the molecule is CC(=O)c1cc(C(F)(F)F)cc(OC(F)F)c1Cl. The molecule has 0 bridgehead atoms. The quantitative estimate of drug-likeness (QED) is 0.616. The van der Waals surface area contributed by atoms with Gasteiger partial charge in [-0.1, -0.05) is 11.6 Å². The molecule has 0 radical (unpaired) electrons. The molecule has 0 saturated carbocycles. The average molecular weight is 289 g/mol. The number of benzene rings is 1. The van der Waals surface area contributed by atoms with Crippen molar-refractivity contribution in [2.75, 3.05) is 0 Å². The van der Waals surface area contributed by atoms with E-state index in [0.29, 0.717) is 12.1 Å². The first-order valence-corrected chi connectivity index (χ1v) is 4.87. The Hall–Kier alpha value is -1.37. The van der Waals surface area contributed by atoms with Crippen LogP contribution in [0, 0.1) is 0 Å². The second kappa shape index (κ2) is 5.09. The zero-order chi connectivity index (χ0) is 14.1. The van der Waals surface area contributed by atoms with Gasteiger partial charge in [0.1, 0.15) is 5.75 Å². The first-order chi connectivity index (χ1) is 8.12. The number of hydrogen-bond acceptors (Lipinski definition) is 2.